The van der Waals surface area contributed by atoms with Gasteiger partial charge in [0.2, 0.25) is 0 Å². The number of amides is 1. The number of halogens is 2. The number of hydrogen-bond donors (Lipinski definition) is 1. The molecule has 0 heterocycles. The first-order valence-corrected chi connectivity index (χ1v) is 7.41. The highest BCUT2D eigenvalue weighted by Crippen LogP contribution is 2.23. The Bertz CT molecular complexity index is 429. The lowest BCUT2D eigenvalue weighted by molar-refractivity contribution is 0.0956. The Hall–Kier alpha value is -0.380. The second-order valence-corrected chi connectivity index (χ2v) is 7.61. The van der Waals surface area contributed by atoms with Gasteiger partial charge in [0.05, 0.1) is 10.6 Å². The molecule has 2 nitrogen and oxygen atoms in total. The quantitative estimate of drug-likeness (QED) is 0.842. The van der Waals surface area contributed by atoms with Gasteiger partial charge < -0.3 is 5.32 Å². The number of nitrogens with one attached hydrogen (secondary N) is 1. The van der Waals surface area contributed by atoms with Gasteiger partial charge in [0.25, 0.3) is 5.91 Å². The van der Waals surface area contributed by atoms with Gasteiger partial charge in [-0.15, -0.1) is 0 Å². The molecular weight excluding hydrogens is 289 g/mol. The van der Waals surface area contributed by atoms with E-state index in [1.54, 1.807) is 18.2 Å². The Kier molecular flexibility index (Phi) is 5.83. The third kappa shape index (κ3) is 5.51. The molecule has 1 aromatic carbocycles. The minimum absolute atomic E-state index is 0.161. The Morgan fingerprint density at radius 1 is 1.33 bits per heavy atom. The Morgan fingerprint density at radius 2 is 2.00 bits per heavy atom. The van der Waals surface area contributed by atoms with Crippen molar-refractivity contribution in [1.29, 1.82) is 0 Å². The lowest BCUT2D eigenvalue weighted by atomic mass is 10.2. The van der Waals surface area contributed by atoms with Crippen LogP contribution >= 0.6 is 35.0 Å². The average molecular weight is 306 g/mol. The van der Waals surface area contributed by atoms with Crippen LogP contribution in [-0.2, 0) is 0 Å². The zero-order valence-corrected chi connectivity index (χ0v) is 13.0. The van der Waals surface area contributed by atoms with Crippen LogP contribution < -0.4 is 5.32 Å². The van der Waals surface area contributed by atoms with Crippen LogP contribution in [0, 0.1) is 0 Å². The van der Waals surface area contributed by atoms with Gasteiger partial charge in [-0.1, -0.05) is 44.0 Å². The summed E-state index contributed by atoms with van der Waals surface area (Å²) in [6.07, 6.45) is 0. The maximum absolute atomic E-state index is 11.9. The first-order chi connectivity index (χ1) is 8.29. The van der Waals surface area contributed by atoms with Crippen molar-refractivity contribution < 1.29 is 4.79 Å². The molecule has 0 aromatic heterocycles. The van der Waals surface area contributed by atoms with E-state index in [4.69, 9.17) is 23.2 Å². The molecule has 1 aromatic rings. The summed E-state index contributed by atoms with van der Waals surface area (Å²) >= 11 is 13.5. The Labute approximate surface area is 122 Å². The van der Waals surface area contributed by atoms with Crippen molar-refractivity contribution in [2.75, 3.05) is 12.3 Å². The number of carbonyl (C=O) groups is 1. The summed E-state index contributed by atoms with van der Waals surface area (Å²) in [6.45, 7) is 7.07. The molecule has 1 amide bonds. The third-order valence-electron chi connectivity index (χ3n) is 2.10. The van der Waals surface area contributed by atoms with Crippen molar-refractivity contribution in [3.63, 3.8) is 0 Å². The van der Waals surface area contributed by atoms with E-state index in [0.29, 0.717) is 22.2 Å². The van der Waals surface area contributed by atoms with E-state index in [1.165, 1.54) is 0 Å². The zero-order valence-electron chi connectivity index (χ0n) is 10.7. The predicted octanol–water partition coefficient (Wildman–Crippen LogP) is 4.25. The molecule has 5 heteroatoms. The van der Waals surface area contributed by atoms with Gasteiger partial charge in [-0.05, 0) is 18.2 Å². The normalized spacial score (nSPS) is 11.4. The standard InChI is InChI=1S/C13H17Cl2NOS/c1-13(2,3)18-7-6-16-12(17)10-5-4-9(14)8-11(10)15/h4-5,8H,6-7H2,1-3H3,(H,16,17). The van der Waals surface area contributed by atoms with Crippen LogP contribution in [0.15, 0.2) is 18.2 Å². The van der Waals surface area contributed by atoms with Crippen LogP contribution in [-0.4, -0.2) is 23.0 Å². The molecule has 0 unspecified atom stereocenters. The van der Waals surface area contributed by atoms with E-state index in [9.17, 15) is 4.79 Å². The fourth-order valence-electron chi connectivity index (χ4n) is 1.29. The van der Waals surface area contributed by atoms with E-state index in [0.717, 1.165) is 5.75 Å². The second-order valence-electron chi connectivity index (χ2n) is 4.84. The maximum atomic E-state index is 11.9. The molecule has 100 valence electrons. The minimum Gasteiger partial charge on any atom is -0.351 e. The number of benzene rings is 1. The molecule has 0 aliphatic carbocycles. The molecule has 0 spiro atoms. The molecule has 0 atom stereocenters. The van der Waals surface area contributed by atoms with Gasteiger partial charge in [-0.25, -0.2) is 0 Å². The van der Waals surface area contributed by atoms with Crippen molar-refractivity contribution in [3.8, 4) is 0 Å². The molecular formula is C13H17Cl2NOS. The smallest absolute Gasteiger partial charge is 0.252 e. The lowest BCUT2D eigenvalue weighted by Gasteiger charge is -2.17. The molecule has 1 rings (SSSR count). The van der Waals surface area contributed by atoms with Crippen LogP contribution in [0.5, 0.6) is 0 Å². The Morgan fingerprint density at radius 3 is 2.56 bits per heavy atom. The summed E-state index contributed by atoms with van der Waals surface area (Å²) in [5, 5.41) is 3.75. The van der Waals surface area contributed by atoms with E-state index in [-0.39, 0.29) is 10.7 Å². The monoisotopic (exact) mass is 305 g/mol. The summed E-state index contributed by atoms with van der Waals surface area (Å²) < 4.78 is 0.211. The topological polar surface area (TPSA) is 29.1 Å². The van der Waals surface area contributed by atoms with Gasteiger partial charge in [-0.2, -0.15) is 11.8 Å². The molecule has 0 aliphatic rings. The van der Waals surface area contributed by atoms with E-state index >= 15 is 0 Å². The van der Waals surface area contributed by atoms with Crippen LogP contribution in [0.2, 0.25) is 10.0 Å². The molecule has 1 N–H and O–H groups in total. The van der Waals surface area contributed by atoms with Crippen molar-refractivity contribution in [3.05, 3.63) is 33.8 Å². The van der Waals surface area contributed by atoms with Gasteiger partial charge in [0.15, 0.2) is 0 Å². The van der Waals surface area contributed by atoms with Crippen molar-refractivity contribution in [1.82, 2.24) is 5.32 Å². The number of hydrogen-bond acceptors (Lipinski definition) is 2. The van der Waals surface area contributed by atoms with Crippen molar-refractivity contribution >= 4 is 40.9 Å². The van der Waals surface area contributed by atoms with Crippen LogP contribution in [0.1, 0.15) is 31.1 Å². The molecule has 0 aliphatic heterocycles. The van der Waals surface area contributed by atoms with Gasteiger partial charge >= 0.3 is 0 Å². The first kappa shape index (κ1) is 15.7. The molecule has 0 bridgehead atoms. The van der Waals surface area contributed by atoms with E-state index < -0.39 is 0 Å². The molecule has 18 heavy (non-hydrogen) atoms. The predicted molar refractivity (Wildman–Crippen MR) is 81.0 cm³/mol. The molecule has 0 saturated heterocycles. The van der Waals surface area contributed by atoms with E-state index in [2.05, 4.69) is 26.1 Å². The fourth-order valence-corrected chi connectivity index (χ4v) is 2.60. The number of thioether (sulfide) groups is 1. The maximum Gasteiger partial charge on any atom is 0.252 e. The lowest BCUT2D eigenvalue weighted by Crippen LogP contribution is -2.27. The summed E-state index contributed by atoms with van der Waals surface area (Å²) in [5.74, 6) is 0.714. The summed E-state index contributed by atoms with van der Waals surface area (Å²) in [7, 11) is 0. The molecule has 0 fully saturated rings. The minimum atomic E-state index is -0.161. The van der Waals surface area contributed by atoms with Gasteiger partial charge in [0, 0.05) is 22.1 Å². The second kappa shape index (κ2) is 6.69. The van der Waals surface area contributed by atoms with Gasteiger partial charge in [0.1, 0.15) is 0 Å². The van der Waals surface area contributed by atoms with Crippen LogP contribution in [0.4, 0.5) is 0 Å². The zero-order chi connectivity index (χ0) is 13.8. The highest BCUT2D eigenvalue weighted by molar-refractivity contribution is 8.00. The van der Waals surface area contributed by atoms with Crippen molar-refractivity contribution in [2.24, 2.45) is 0 Å². The fraction of sp³-hybridized carbons (Fsp3) is 0.462. The third-order valence-corrected chi connectivity index (χ3v) is 3.92. The van der Waals surface area contributed by atoms with Gasteiger partial charge in [-0.3, -0.25) is 4.79 Å². The molecule has 0 radical (unpaired) electrons. The highest BCUT2D eigenvalue weighted by Gasteiger charge is 2.12. The first-order valence-electron chi connectivity index (χ1n) is 5.67. The summed E-state index contributed by atoms with van der Waals surface area (Å²) in [6, 6.07) is 4.87. The van der Waals surface area contributed by atoms with Crippen LogP contribution in [0.3, 0.4) is 0 Å². The van der Waals surface area contributed by atoms with Crippen molar-refractivity contribution in [2.45, 2.75) is 25.5 Å². The van der Waals surface area contributed by atoms with Crippen LogP contribution in [0.25, 0.3) is 0 Å². The summed E-state index contributed by atoms with van der Waals surface area (Å²) in [4.78, 5) is 11.9. The summed E-state index contributed by atoms with van der Waals surface area (Å²) in [5.41, 5.74) is 0.460. The largest absolute Gasteiger partial charge is 0.351 e. The highest BCUT2D eigenvalue weighted by atomic mass is 35.5. The SMILES string of the molecule is CC(C)(C)SCCNC(=O)c1ccc(Cl)cc1Cl. The Balaban J connectivity index is 2.46. The van der Waals surface area contributed by atoms with E-state index in [1.807, 2.05) is 11.8 Å². The number of carbonyl (C=O) groups excluding carboxylic acids is 1. The molecule has 0 saturated carbocycles. The number of rotatable bonds is 4. The average Bonchev–Trinajstić information content (AvgIpc) is 2.22.